The van der Waals surface area contributed by atoms with Gasteiger partial charge in [0.2, 0.25) is 0 Å². The highest BCUT2D eigenvalue weighted by Crippen LogP contribution is 2.30. The third kappa shape index (κ3) is 3.31. The molecule has 0 radical (unpaired) electrons. The number of rotatable bonds is 3. The predicted octanol–water partition coefficient (Wildman–Crippen LogP) is 2.94. The van der Waals surface area contributed by atoms with Gasteiger partial charge in [0.05, 0.1) is 6.04 Å². The molecule has 2 N–H and O–H groups in total. The van der Waals surface area contributed by atoms with Crippen LogP contribution in [-0.4, -0.2) is 24.5 Å². The van der Waals surface area contributed by atoms with Gasteiger partial charge in [-0.3, -0.25) is 4.90 Å². The van der Waals surface area contributed by atoms with E-state index in [0.717, 1.165) is 19.2 Å². The van der Waals surface area contributed by atoms with Crippen molar-refractivity contribution in [3.63, 3.8) is 0 Å². The van der Waals surface area contributed by atoms with Crippen LogP contribution < -0.4 is 5.73 Å². The first-order valence-corrected chi connectivity index (χ1v) is 6.90. The van der Waals surface area contributed by atoms with E-state index >= 15 is 0 Å². The number of nitrogens with two attached hydrogens (primary N) is 1. The topological polar surface area (TPSA) is 29.3 Å². The minimum atomic E-state index is -0.409. The van der Waals surface area contributed by atoms with Gasteiger partial charge >= 0.3 is 0 Å². The Bertz CT molecular complexity index is 426. The molecule has 3 unspecified atom stereocenters. The van der Waals surface area contributed by atoms with E-state index in [1.807, 2.05) is 0 Å². The molecule has 1 fully saturated rings. The fourth-order valence-electron chi connectivity index (χ4n) is 3.21. The van der Waals surface area contributed by atoms with Crippen LogP contribution in [-0.2, 0) is 0 Å². The fraction of sp³-hybridized carbons (Fsp3) is 0.600. The molecule has 19 heavy (non-hydrogen) atoms. The van der Waals surface area contributed by atoms with Crippen LogP contribution in [0.4, 0.5) is 8.78 Å². The molecule has 0 aliphatic carbocycles. The lowest BCUT2D eigenvalue weighted by Crippen LogP contribution is -2.43. The molecule has 0 spiro atoms. The lowest BCUT2D eigenvalue weighted by atomic mass is 9.89. The van der Waals surface area contributed by atoms with Crippen LogP contribution in [0.2, 0.25) is 0 Å². The molecule has 2 nitrogen and oxygen atoms in total. The fourth-order valence-corrected chi connectivity index (χ4v) is 3.21. The molecule has 1 aliphatic rings. The van der Waals surface area contributed by atoms with E-state index in [2.05, 4.69) is 18.7 Å². The SMILES string of the molecule is CC1CC(C)CN(C(CN)c2cc(F)ccc2F)C1. The molecule has 0 saturated carbocycles. The number of benzene rings is 1. The van der Waals surface area contributed by atoms with Crippen molar-refractivity contribution in [2.75, 3.05) is 19.6 Å². The molecule has 1 aromatic rings. The summed E-state index contributed by atoms with van der Waals surface area (Å²) in [6.07, 6.45) is 1.18. The Hall–Kier alpha value is -1.00. The zero-order chi connectivity index (χ0) is 14.0. The second-order valence-electron chi connectivity index (χ2n) is 5.82. The molecule has 1 heterocycles. The van der Waals surface area contributed by atoms with Crippen molar-refractivity contribution >= 4 is 0 Å². The van der Waals surface area contributed by atoms with Crippen LogP contribution in [0.3, 0.4) is 0 Å². The summed E-state index contributed by atoms with van der Waals surface area (Å²) in [5.41, 5.74) is 6.19. The second-order valence-corrected chi connectivity index (χ2v) is 5.82. The Kier molecular flexibility index (Phi) is 4.53. The van der Waals surface area contributed by atoms with Gasteiger partial charge in [0, 0.05) is 25.2 Å². The third-order valence-electron chi connectivity index (χ3n) is 3.88. The van der Waals surface area contributed by atoms with Gasteiger partial charge in [-0.1, -0.05) is 13.8 Å². The van der Waals surface area contributed by atoms with Crippen LogP contribution in [0.15, 0.2) is 18.2 Å². The minimum absolute atomic E-state index is 0.235. The molecular weight excluding hydrogens is 246 g/mol. The van der Waals surface area contributed by atoms with E-state index in [4.69, 9.17) is 5.73 Å². The maximum Gasteiger partial charge on any atom is 0.128 e. The van der Waals surface area contributed by atoms with Crippen LogP contribution >= 0.6 is 0 Å². The van der Waals surface area contributed by atoms with E-state index < -0.39 is 5.82 Å². The van der Waals surface area contributed by atoms with Crippen molar-refractivity contribution in [2.24, 2.45) is 17.6 Å². The Morgan fingerprint density at radius 3 is 2.47 bits per heavy atom. The van der Waals surface area contributed by atoms with Crippen molar-refractivity contribution < 1.29 is 8.78 Å². The van der Waals surface area contributed by atoms with Crippen LogP contribution in [0.25, 0.3) is 0 Å². The highest BCUT2D eigenvalue weighted by atomic mass is 19.1. The van der Waals surface area contributed by atoms with E-state index in [0.29, 0.717) is 23.9 Å². The average molecular weight is 268 g/mol. The summed E-state index contributed by atoms with van der Waals surface area (Å²) in [5.74, 6) is 0.347. The molecular formula is C15H22F2N2. The van der Waals surface area contributed by atoms with Gasteiger partial charge in [-0.25, -0.2) is 8.78 Å². The van der Waals surface area contributed by atoms with Gasteiger partial charge in [0.1, 0.15) is 11.6 Å². The number of nitrogens with zero attached hydrogens (tertiary/aromatic N) is 1. The van der Waals surface area contributed by atoms with Crippen molar-refractivity contribution in [3.8, 4) is 0 Å². The zero-order valence-corrected chi connectivity index (χ0v) is 11.6. The molecule has 0 aromatic heterocycles. The molecule has 3 atom stereocenters. The summed E-state index contributed by atoms with van der Waals surface area (Å²) in [7, 11) is 0. The molecule has 1 saturated heterocycles. The lowest BCUT2D eigenvalue weighted by molar-refractivity contribution is 0.0965. The maximum absolute atomic E-state index is 13.9. The lowest BCUT2D eigenvalue weighted by Gasteiger charge is -2.40. The number of likely N-dealkylation sites (tertiary alicyclic amines) is 1. The smallest absolute Gasteiger partial charge is 0.128 e. The molecule has 0 bridgehead atoms. The zero-order valence-electron chi connectivity index (χ0n) is 11.6. The minimum Gasteiger partial charge on any atom is -0.329 e. The van der Waals surface area contributed by atoms with E-state index in [1.54, 1.807) is 0 Å². The predicted molar refractivity (Wildman–Crippen MR) is 72.7 cm³/mol. The average Bonchev–Trinajstić information content (AvgIpc) is 2.33. The van der Waals surface area contributed by atoms with Crippen LogP contribution in [0, 0.1) is 23.5 Å². The summed E-state index contributed by atoms with van der Waals surface area (Å²) in [6.45, 7) is 6.47. The van der Waals surface area contributed by atoms with Crippen LogP contribution in [0.5, 0.6) is 0 Å². The number of hydrogen-bond donors (Lipinski definition) is 1. The van der Waals surface area contributed by atoms with E-state index in [-0.39, 0.29) is 11.9 Å². The first kappa shape index (κ1) is 14.4. The van der Waals surface area contributed by atoms with Gasteiger partial charge in [-0.2, -0.15) is 0 Å². The number of halogens is 2. The Balaban J connectivity index is 2.26. The van der Waals surface area contributed by atoms with E-state index in [9.17, 15) is 8.78 Å². The highest BCUT2D eigenvalue weighted by Gasteiger charge is 2.29. The Morgan fingerprint density at radius 1 is 1.26 bits per heavy atom. The number of piperidine rings is 1. The van der Waals surface area contributed by atoms with Crippen molar-refractivity contribution in [1.82, 2.24) is 4.90 Å². The van der Waals surface area contributed by atoms with Crippen molar-refractivity contribution in [1.29, 1.82) is 0 Å². The van der Waals surface area contributed by atoms with Gasteiger partial charge in [0.25, 0.3) is 0 Å². The first-order valence-electron chi connectivity index (χ1n) is 6.90. The molecule has 0 amide bonds. The quantitative estimate of drug-likeness (QED) is 0.913. The first-order chi connectivity index (χ1) is 9.01. The standard InChI is InChI=1S/C15H22F2N2/c1-10-5-11(2)9-19(8-10)15(7-18)13-6-12(16)3-4-14(13)17/h3-4,6,10-11,15H,5,7-9,18H2,1-2H3. The van der Waals surface area contributed by atoms with Gasteiger partial charge < -0.3 is 5.73 Å². The molecule has 2 rings (SSSR count). The molecule has 1 aliphatic heterocycles. The van der Waals surface area contributed by atoms with Crippen LogP contribution in [0.1, 0.15) is 31.9 Å². The summed E-state index contributed by atoms with van der Waals surface area (Å²) < 4.78 is 27.2. The Morgan fingerprint density at radius 2 is 1.89 bits per heavy atom. The summed E-state index contributed by atoms with van der Waals surface area (Å²) in [4.78, 5) is 2.19. The molecule has 106 valence electrons. The second kappa shape index (κ2) is 5.97. The monoisotopic (exact) mass is 268 g/mol. The van der Waals surface area contributed by atoms with E-state index in [1.165, 1.54) is 18.6 Å². The Labute approximate surface area is 113 Å². The van der Waals surface area contributed by atoms with Gasteiger partial charge in [0.15, 0.2) is 0 Å². The maximum atomic E-state index is 13.9. The van der Waals surface area contributed by atoms with Crippen molar-refractivity contribution in [2.45, 2.75) is 26.3 Å². The third-order valence-corrected chi connectivity index (χ3v) is 3.88. The van der Waals surface area contributed by atoms with Crippen molar-refractivity contribution in [3.05, 3.63) is 35.4 Å². The summed E-state index contributed by atoms with van der Waals surface area (Å²) in [5, 5.41) is 0. The largest absolute Gasteiger partial charge is 0.329 e. The van der Waals surface area contributed by atoms with Gasteiger partial charge in [-0.05, 0) is 36.5 Å². The summed E-state index contributed by atoms with van der Waals surface area (Å²) >= 11 is 0. The van der Waals surface area contributed by atoms with Gasteiger partial charge in [-0.15, -0.1) is 0 Å². The molecule has 1 aromatic carbocycles. The number of hydrogen-bond acceptors (Lipinski definition) is 2. The summed E-state index contributed by atoms with van der Waals surface area (Å²) in [6, 6.07) is 3.37. The highest BCUT2D eigenvalue weighted by molar-refractivity contribution is 5.23. The normalized spacial score (nSPS) is 26.4. The molecule has 4 heteroatoms.